The van der Waals surface area contributed by atoms with E-state index >= 15 is 0 Å². The summed E-state index contributed by atoms with van der Waals surface area (Å²) >= 11 is 0. The van der Waals surface area contributed by atoms with E-state index in [-0.39, 0.29) is 11.6 Å². The molecule has 0 atom stereocenters. The van der Waals surface area contributed by atoms with Crippen molar-refractivity contribution < 1.29 is 9.18 Å². The highest BCUT2D eigenvalue weighted by Gasteiger charge is 2.04. The number of anilines is 1. The van der Waals surface area contributed by atoms with Gasteiger partial charge in [-0.05, 0) is 48.4 Å². The van der Waals surface area contributed by atoms with Crippen molar-refractivity contribution in [3.05, 3.63) is 65.7 Å². The molecule has 2 aromatic rings. The molecular formula is C15H13FN2O. The van der Waals surface area contributed by atoms with Crippen LogP contribution in [0.25, 0.3) is 6.08 Å². The number of rotatable bonds is 3. The Kier molecular flexibility index (Phi) is 4.03. The van der Waals surface area contributed by atoms with Gasteiger partial charge in [-0.3, -0.25) is 9.78 Å². The van der Waals surface area contributed by atoms with Crippen LogP contribution in [-0.2, 0) is 4.79 Å². The van der Waals surface area contributed by atoms with E-state index in [1.807, 2.05) is 6.92 Å². The van der Waals surface area contributed by atoms with Gasteiger partial charge in [0.25, 0.3) is 0 Å². The number of aromatic nitrogens is 1. The van der Waals surface area contributed by atoms with Crippen molar-refractivity contribution >= 4 is 17.7 Å². The van der Waals surface area contributed by atoms with Crippen LogP contribution in [0.15, 0.2) is 48.8 Å². The summed E-state index contributed by atoms with van der Waals surface area (Å²) in [7, 11) is 0. The van der Waals surface area contributed by atoms with Crippen LogP contribution < -0.4 is 5.32 Å². The molecule has 0 aliphatic rings. The van der Waals surface area contributed by atoms with E-state index in [0.29, 0.717) is 0 Å². The minimum Gasteiger partial charge on any atom is -0.320 e. The van der Waals surface area contributed by atoms with E-state index in [1.165, 1.54) is 12.1 Å². The molecule has 1 aromatic carbocycles. The molecule has 0 aliphatic heterocycles. The van der Waals surface area contributed by atoms with Crippen molar-refractivity contribution in [3.63, 3.8) is 0 Å². The number of hydrogen-bond acceptors (Lipinski definition) is 2. The molecule has 0 spiro atoms. The lowest BCUT2D eigenvalue weighted by Gasteiger charge is -2.04. The number of carbonyl (C=O) groups is 1. The minimum atomic E-state index is -0.448. The molecule has 0 radical (unpaired) electrons. The molecule has 1 aromatic heterocycles. The lowest BCUT2D eigenvalue weighted by molar-refractivity contribution is -0.111. The molecule has 0 bridgehead atoms. The maximum atomic E-state index is 13.4. The standard InChI is InChI=1S/C15H13FN2O/c1-11-2-4-13(16)14(10-11)18-15(19)5-3-12-6-8-17-9-7-12/h2-10H,1H3,(H,18,19)/b5-3+. The van der Waals surface area contributed by atoms with Gasteiger partial charge in [0.05, 0.1) is 5.69 Å². The zero-order chi connectivity index (χ0) is 13.7. The molecule has 3 nitrogen and oxygen atoms in total. The number of nitrogens with zero attached hydrogens (tertiary/aromatic N) is 1. The highest BCUT2D eigenvalue weighted by atomic mass is 19.1. The van der Waals surface area contributed by atoms with Gasteiger partial charge in [-0.2, -0.15) is 0 Å². The molecule has 0 aliphatic carbocycles. The lowest BCUT2D eigenvalue weighted by atomic mass is 10.2. The second kappa shape index (κ2) is 5.91. The van der Waals surface area contributed by atoms with Crippen molar-refractivity contribution in [3.8, 4) is 0 Å². The van der Waals surface area contributed by atoms with Gasteiger partial charge < -0.3 is 5.32 Å². The summed E-state index contributed by atoms with van der Waals surface area (Å²) in [5.41, 5.74) is 1.93. The van der Waals surface area contributed by atoms with Gasteiger partial charge in [0.1, 0.15) is 5.82 Å². The van der Waals surface area contributed by atoms with Crippen LogP contribution in [0, 0.1) is 12.7 Å². The second-order valence-electron chi connectivity index (χ2n) is 4.09. The van der Waals surface area contributed by atoms with E-state index in [0.717, 1.165) is 11.1 Å². The number of aryl methyl sites for hydroxylation is 1. The van der Waals surface area contributed by atoms with Crippen LogP contribution in [0.3, 0.4) is 0 Å². The number of pyridine rings is 1. The second-order valence-corrected chi connectivity index (χ2v) is 4.09. The minimum absolute atomic E-state index is 0.185. The molecule has 0 saturated carbocycles. The molecule has 0 saturated heterocycles. The summed E-state index contributed by atoms with van der Waals surface area (Å²) in [4.78, 5) is 15.5. The van der Waals surface area contributed by atoms with Crippen molar-refractivity contribution in [2.75, 3.05) is 5.32 Å². The number of amides is 1. The first kappa shape index (κ1) is 13.0. The Hall–Kier alpha value is -2.49. The predicted molar refractivity (Wildman–Crippen MR) is 73.0 cm³/mol. The third-order valence-corrected chi connectivity index (χ3v) is 2.51. The average Bonchev–Trinajstić information content (AvgIpc) is 2.42. The van der Waals surface area contributed by atoms with E-state index in [9.17, 15) is 9.18 Å². The topological polar surface area (TPSA) is 42.0 Å². The summed E-state index contributed by atoms with van der Waals surface area (Å²) < 4.78 is 13.4. The Morgan fingerprint density at radius 2 is 2.00 bits per heavy atom. The SMILES string of the molecule is Cc1ccc(F)c(NC(=O)/C=C/c2ccncc2)c1. The molecule has 0 fully saturated rings. The summed E-state index contributed by atoms with van der Waals surface area (Å²) in [6.45, 7) is 1.84. The Bertz CT molecular complexity index is 609. The highest BCUT2D eigenvalue weighted by Crippen LogP contribution is 2.15. The fraction of sp³-hybridized carbons (Fsp3) is 0.0667. The maximum absolute atomic E-state index is 13.4. The molecule has 0 unspecified atom stereocenters. The zero-order valence-corrected chi connectivity index (χ0v) is 10.4. The Balaban J connectivity index is 2.06. The third-order valence-electron chi connectivity index (χ3n) is 2.51. The van der Waals surface area contributed by atoms with Crippen LogP contribution >= 0.6 is 0 Å². The lowest BCUT2D eigenvalue weighted by Crippen LogP contribution is -2.09. The molecule has 4 heteroatoms. The number of benzene rings is 1. The van der Waals surface area contributed by atoms with Gasteiger partial charge in [-0.15, -0.1) is 0 Å². The summed E-state index contributed by atoms with van der Waals surface area (Å²) in [5.74, 6) is -0.822. The fourth-order valence-corrected chi connectivity index (χ4v) is 1.56. The van der Waals surface area contributed by atoms with Crippen LogP contribution in [0.2, 0.25) is 0 Å². The Morgan fingerprint density at radius 1 is 1.26 bits per heavy atom. The van der Waals surface area contributed by atoms with Gasteiger partial charge in [0.2, 0.25) is 5.91 Å². The monoisotopic (exact) mass is 256 g/mol. The Morgan fingerprint density at radius 3 is 2.74 bits per heavy atom. The largest absolute Gasteiger partial charge is 0.320 e. The first-order valence-corrected chi connectivity index (χ1v) is 5.80. The first-order chi connectivity index (χ1) is 9.15. The molecule has 1 amide bonds. The normalized spacial score (nSPS) is 10.6. The quantitative estimate of drug-likeness (QED) is 0.857. The van der Waals surface area contributed by atoms with Gasteiger partial charge >= 0.3 is 0 Å². The van der Waals surface area contributed by atoms with Crippen LogP contribution in [0.1, 0.15) is 11.1 Å². The molecular weight excluding hydrogens is 243 g/mol. The van der Waals surface area contributed by atoms with Crippen molar-refractivity contribution in [2.24, 2.45) is 0 Å². The van der Waals surface area contributed by atoms with Crippen LogP contribution in [0.5, 0.6) is 0 Å². The van der Waals surface area contributed by atoms with Gasteiger partial charge in [-0.25, -0.2) is 4.39 Å². The first-order valence-electron chi connectivity index (χ1n) is 5.80. The van der Waals surface area contributed by atoms with E-state index in [2.05, 4.69) is 10.3 Å². The number of carbonyl (C=O) groups excluding carboxylic acids is 1. The van der Waals surface area contributed by atoms with Crippen molar-refractivity contribution in [1.29, 1.82) is 0 Å². The third kappa shape index (κ3) is 3.74. The maximum Gasteiger partial charge on any atom is 0.248 e. The molecule has 96 valence electrons. The fourth-order valence-electron chi connectivity index (χ4n) is 1.56. The Labute approximate surface area is 110 Å². The average molecular weight is 256 g/mol. The predicted octanol–water partition coefficient (Wildman–Crippen LogP) is 3.18. The molecule has 1 heterocycles. The molecule has 1 N–H and O–H groups in total. The van der Waals surface area contributed by atoms with Crippen LogP contribution in [0.4, 0.5) is 10.1 Å². The van der Waals surface area contributed by atoms with Crippen molar-refractivity contribution in [2.45, 2.75) is 6.92 Å². The van der Waals surface area contributed by atoms with Crippen LogP contribution in [-0.4, -0.2) is 10.9 Å². The highest BCUT2D eigenvalue weighted by molar-refractivity contribution is 6.02. The van der Waals surface area contributed by atoms with Gasteiger partial charge in [-0.1, -0.05) is 6.07 Å². The summed E-state index contributed by atoms with van der Waals surface area (Å²) in [6, 6.07) is 8.12. The number of hydrogen-bond donors (Lipinski definition) is 1. The number of halogens is 1. The van der Waals surface area contributed by atoms with Crippen molar-refractivity contribution in [1.82, 2.24) is 4.98 Å². The zero-order valence-electron chi connectivity index (χ0n) is 10.4. The molecule has 2 rings (SSSR count). The van der Waals surface area contributed by atoms with E-state index in [1.54, 1.807) is 42.7 Å². The summed E-state index contributed by atoms with van der Waals surface area (Å²) in [6.07, 6.45) is 6.28. The molecule has 19 heavy (non-hydrogen) atoms. The van der Waals surface area contributed by atoms with E-state index in [4.69, 9.17) is 0 Å². The van der Waals surface area contributed by atoms with E-state index < -0.39 is 5.82 Å². The number of nitrogens with one attached hydrogen (secondary N) is 1. The van der Waals surface area contributed by atoms with Gasteiger partial charge in [0, 0.05) is 18.5 Å². The summed E-state index contributed by atoms with van der Waals surface area (Å²) in [5, 5.41) is 2.50. The smallest absolute Gasteiger partial charge is 0.248 e. The van der Waals surface area contributed by atoms with Gasteiger partial charge in [0.15, 0.2) is 0 Å².